The first-order chi connectivity index (χ1) is 10.3. The second kappa shape index (κ2) is 6.28. The van der Waals surface area contributed by atoms with Crippen LogP contribution in [0.4, 0.5) is 0 Å². The molecule has 1 atom stereocenters. The van der Waals surface area contributed by atoms with Gasteiger partial charge in [0.05, 0.1) is 16.7 Å². The molecule has 2 aromatic heterocycles. The average Bonchev–Trinajstić information content (AvgIpc) is 2.90. The van der Waals surface area contributed by atoms with Gasteiger partial charge in [-0.25, -0.2) is 4.98 Å². The third-order valence-electron chi connectivity index (χ3n) is 3.30. The van der Waals surface area contributed by atoms with Crippen molar-refractivity contribution in [1.29, 1.82) is 0 Å². The molecule has 0 fully saturated rings. The Kier molecular flexibility index (Phi) is 4.22. The molecule has 0 aliphatic carbocycles. The molecule has 0 bridgehead atoms. The molecular formula is C16H18N4S. The Morgan fingerprint density at radius 3 is 2.81 bits per heavy atom. The summed E-state index contributed by atoms with van der Waals surface area (Å²) >= 11 is 1.60. The number of hydrogen-bond acceptors (Lipinski definition) is 4. The van der Waals surface area contributed by atoms with E-state index in [1.807, 2.05) is 30.5 Å². The van der Waals surface area contributed by atoms with E-state index in [4.69, 9.17) is 0 Å². The Labute approximate surface area is 128 Å². The van der Waals surface area contributed by atoms with Crippen molar-refractivity contribution in [1.82, 2.24) is 20.3 Å². The Bertz CT molecular complexity index is 687. The fourth-order valence-corrected chi connectivity index (χ4v) is 2.98. The van der Waals surface area contributed by atoms with Gasteiger partial charge in [-0.1, -0.05) is 30.8 Å². The second-order valence-electron chi connectivity index (χ2n) is 4.86. The van der Waals surface area contributed by atoms with Crippen molar-refractivity contribution in [2.75, 3.05) is 6.54 Å². The molecule has 5 heteroatoms. The highest BCUT2D eigenvalue weighted by Gasteiger charge is 2.07. The molecule has 21 heavy (non-hydrogen) atoms. The lowest BCUT2D eigenvalue weighted by molar-refractivity contribution is 0.582. The molecule has 0 saturated heterocycles. The first-order valence-corrected chi connectivity index (χ1v) is 7.90. The lowest BCUT2D eigenvalue weighted by atomic mass is 10.2. The van der Waals surface area contributed by atoms with Crippen LogP contribution in [0.1, 0.15) is 25.6 Å². The van der Waals surface area contributed by atoms with Crippen molar-refractivity contribution in [2.45, 2.75) is 29.9 Å². The van der Waals surface area contributed by atoms with Gasteiger partial charge in [-0.05, 0) is 37.7 Å². The normalized spacial score (nSPS) is 12.7. The quantitative estimate of drug-likeness (QED) is 0.752. The van der Waals surface area contributed by atoms with E-state index in [0.717, 1.165) is 33.3 Å². The van der Waals surface area contributed by atoms with E-state index in [-0.39, 0.29) is 6.04 Å². The number of hydrogen-bond donors (Lipinski definition) is 2. The summed E-state index contributed by atoms with van der Waals surface area (Å²) in [5.74, 6) is 0. The molecule has 0 amide bonds. The van der Waals surface area contributed by atoms with E-state index in [1.54, 1.807) is 11.8 Å². The van der Waals surface area contributed by atoms with Gasteiger partial charge >= 0.3 is 0 Å². The van der Waals surface area contributed by atoms with Crippen molar-refractivity contribution in [2.24, 2.45) is 0 Å². The zero-order chi connectivity index (χ0) is 14.7. The lowest BCUT2D eigenvalue weighted by Gasteiger charge is -2.11. The smallest absolute Gasteiger partial charge is 0.171 e. The summed E-state index contributed by atoms with van der Waals surface area (Å²) in [6.45, 7) is 5.17. The molecule has 0 spiro atoms. The summed E-state index contributed by atoms with van der Waals surface area (Å²) in [7, 11) is 0. The van der Waals surface area contributed by atoms with Gasteiger partial charge in [0.25, 0.3) is 0 Å². The standard InChI is InChI=1S/C16H18N4S/c1-3-17-11(2)13-9-8-12(10-18-13)21-16-19-14-6-4-5-7-15(14)20-16/h4-11,17H,3H2,1-2H3,(H,19,20). The summed E-state index contributed by atoms with van der Waals surface area (Å²) < 4.78 is 0. The molecule has 3 aromatic rings. The highest BCUT2D eigenvalue weighted by molar-refractivity contribution is 7.99. The van der Waals surface area contributed by atoms with Gasteiger partial charge in [0.2, 0.25) is 0 Å². The van der Waals surface area contributed by atoms with Crippen LogP contribution >= 0.6 is 11.8 Å². The van der Waals surface area contributed by atoms with Crippen LogP contribution in [0.15, 0.2) is 52.6 Å². The molecule has 4 nitrogen and oxygen atoms in total. The van der Waals surface area contributed by atoms with E-state index < -0.39 is 0 Å². The number of para-hydroxylation sites is 2. The van der Waals surface area contributed by atoms with Gasteiger partial charge in [0.1, 0.15) is 0 Å². The van der Waals surface area contributed by atoms with Gasteiger partial charge < -0.3 is 10.3 Å². The molecule has 0 aliphatic heterocycles. The molecule has 1 aromatic carbocycles. The molecule has 2 heterocycles. The van der Waals surface area contributed by atoms with Crippen LogP contribution < -0.4 is 5.32 Å². The lowest BCUT2D eigenvalue weighted by Crippen LogP contribution is -2.18. The third-order valence-corrected chi connectivity index (χ3v) is 4.16. The number of imidazole rings is 1. The maximum atomic E-state index is 4.56. The largest absolute Gasteiger partial charge is 0.333 e. The first kappa shape index (κ1) is 14.1. The molecule has 0 saturated carbocycles. The summed E-state index contributed by atoms with van der Waals surface area (Å²) in [4.78, 5) is 13.5. The number of rotatable bonds is 5. The molecule has 0 aliphatic rings. The maximum Gasteiger partial charge on any atom is 0.171 e. The van der Waals surface area contributed by atoms with Crippen LogP contribution in [0, 0.1) is 0 Å². The number of benzene rings is 1. The number of aromatic amines is 1. The molecule has 0 radical (unpaired) electrons. The van der Waals surface area contributed by atoms with Crippen LogP contribution in [0.5, 0.6) is 0 Å². The van der Waals surface area contributed by atoms with E-state index in [9.17, 15) is 0 Å². The van der Waals surface area contributed by atoms with Gasteiger partial charge in [0, 0.05) is 17.1 Å². The van der Waals surface area contributed by atoms with E-state index >= 15 is 0 Å². The molecule has 2 N–H and O–H groups in total. The van der Waals surface area contributed by atoms with Gasteiger partial charge in [-0.3, -0.25) is 4.98 Å². The fraction of sp³-hybridized carbons (Fsp3) is 0.250. The van der Waals surface area contributed by atoms with Crippen molar-refractivity contribution in [3.05, 3.63) is 48.3 Å². The van der Waals surface area contributed by atoms with Gasteiger partial charge in [-0.15, -0.1) is 0 Å². The summed E-state index contributed by atoms with van der Waals surface area (Å²) in [5.41, 5.74) is 3.11. The Hall–Kier alpha value is -1.85. The van der Waals surface area contributed by atoms with Crippen LogP contribution in [-0.2, 0) is 0 Å². The van der Waals surface area contributed by atoms with Crippen LogP contribution in [0.25, 0.3) is 11.0 Å². The van der Waals surface area contributed by atoms with Crippen molar-refractivity contribution in [3.63, 3.8) is 0 Å². The predicted molar refractivity (Wildman–Crippen MR) is 86.5 cm³/mol. The zero-order valence-corrected chi connectivity index (χ0v) is 12.9. The van der Waals surface area contributed by atoms with Gasteiger partial charge in [0.15, 0.2) is 5.16 Å². The highest BCUT2D eigenvalue weighted by Crippen LogP contribution is 2.27. The number of fused-ring (bicyclic) bond motifs is 1. The van der Waals surface area contributed by atoms with E-state index in [2.05, 4.69) is 46.2 Å². The number of pyridine rings is 1. The van der Waals surface area contributed by atoms with Crippen LogP contribution in [0.3, 0.4) is 0 Å². The Morgan fingerprint density at radius 1 is 1.24 bits per heavy atom. The number of aromatic nitrogens is 3. The number of nitrogens with zero attached hydrogens (tertiary/aromatic N) is 2. The molecule has 3 rings (SSSR count). The topological polar surface area (TPSA) is 53.6 Å². The molecule has 108 valence electrons. The second-order valence-corrected chi connectivity index (χ2v) is 5.92. The minimum absolute atomic E-state index is 0.278. The predicted octanol–water partition coefficient (Wildman–Crippen LogP) is 3.78. The average molecular weight is 298 g/mol. The van der Waals surface area contributed by atoms with Gasteiger partial charge in [-0.2, -0.15) is 0 Å². The highest BCUT2D eigenvalue weighted by atomic mass is 32.2. The van der Waals surface area contributed by atoms with Crippen LogP contribution in [0.2, 0.25) is 0 Å². The van der Waals surface area contributed by atoms with Crippen LogP contribution in [-0.4, -0.2) is 21.5 Å². The SMILES string of the molecule is CCNC(C)c1ccc(Sc2nc3ccccc3[nH]2)cn1. The minimum Gasteiger partial charge on any atom is -0.333 e. The van der Waals surface area contributed by atoms with E-state index in [0.29, 0.717) is 0 Å². The number of H-pyrrole nitrogens is 1. The number of nitrogens with one attached hydrogen (secondary N) is 2. The van der Waals surface area contributed by atoms with Crippen molar-refractivity contribution < 1.29 is 0 Å². The summed E-state index contributed by atoms with van der Waals surface area (Å²) in [5, 5.41) is 4.25. The molecular weight excluding hydrogens is 280 g/mol. The first-order valence-electron chi connectivity index (χ1n) is 7.08. The monoisotopic (exact) mass is 298 g/mol. The Balaban J connectivity index is 1.75. The summed E-state index contributed by atoms with van der Waals surface area (Å²) in [6.07, 6.45) is 1.90. The maximum absolute atomic E-state index is 4.56. The van der Waals surface area contributed by atoms with Crippen molar-refractivity contribution in [3.8, 4) is 0 Å². The Morgan fingerprint density at radius 2 is 2.10 bits per heavy atom. The van der Waals surface area contributed by atoms with E-state index in [1.165, 1.54) is 0 Å². The third kappa shape index (κ3) is 3.25. The van der Waals surface area contributed by atoms with Crippen molar-refractivity contribution >= 4 is 22.8 Å². The molecule has 1 unspecified atom stereocenters. The minimum atomic E-state index is 0.278. The summed E-state index contributed by atoms with van der Waals surface area (Å²) in [6, 6.07) is 12.5. The fourth-order valence-electron chi connectivity index (χ4n) is 2.21. The zero-order valence-electron chi connectivity index (χ0n) is 12.1.